The average molecular weight is 228 g/mol. The predicted molar refractivity (Wildman–Crippen MR) is 68.8 cm³/mol. The first-order valence-corrected chi connectivity index (χ1v) is 6.74. The Labute approximate surface area is 101 Å². The topological polar surface area (TPSA) is 24.5 Å². The molecule has 1 rings (SSSR count). The summed E-state index contributed by atoms with van der Waals surface area (Å²) in [7, 11) is 1.78. The lowest BCUT2D eigenvalue weighted by atomic mass is 10.1. The van der Waals surface area contributed by atoms with E-state index in [1.54, 1.807) is 7.11 Å². The van der Waals surface area contributed by atoms with Crippen molar-refractivity contribution in [1.29, 1.82) is 0 Å². The molecule has 16 heavy (non-hydrogen) atoms. The van der Waals surface area contributed by atoms with E-state index in [1.807, 2.05) is 0 Å². The van der Waals surface area contributed by atoms with Crippen LogP contribution in [0.2, 0.25) is 0 Å². The Hall–Kier alpha value is -0.120. The van der Waals surface area contributed by atoms with Crippen molar-refractivity contribution < 1.29 is 4.74 Å². The van der Waals surface area contributed by atoms with E-state index in [0.717, 1.165) is 19.2 Å². The minimum atomic E-state index is 0.654. The number of hydrogen-bond acceptors (Lipinski definition) is 3. The predicted octanol–water partition coefficient (Wildman–Crippen LogP) is 1.88. The van der Waals surface area contributed by atoms with Gasteiger partial charge < -0.3 is 10.1 Å². The van der Waals surface area contributed by atoms with Crippen LogP contribution in [-0.2, 0) is 4.74 Å². The zero-order chi connectivity index (χ0) is 11.8. The second-order valence-corrected chi connectivity index (χ2v) is 4.92. The fourth-order valence-electron chi connectivity index (χ4n) is 2.45. The normalized spacial score (nSPS) is 27.2. The summed E-state index contributed by atoms with van der Waals surface area (Å²) in [6, 6.07) is 1.40. The van der Waals surface area contributed by atoms with Crippen LogP contribution in [0.25, 0.3) is 0 Å². The van der Waals surface area contributed by atoms with Gasteiger partial charge in [-0.1, -0.05) is 6.92 Å². The first kappa shape index (κ1) is 13.9. The van der Waals surface area contributed by atoms with Gasteiger partial charge in [0.1, 0.15) is 0 Å². The van der Waals surface area contributed by atoms with Crippen molar-refractivity contribution in [3.63, 3.8) is 0 Å². The van der Waals surface area contributed by atoms with Crippen molar-refractivity contribution in [3.8, 4) is 0 Å². The molecule has 0 radical (unpaired) electrons. The minimum absolute atomic E-state index is 0.654. The van der Waals surface area contributed by atoms with Crippen LogP contribution in [0.4, 0.5) is 0 Å². The molecule has 0 bridgehead atoms. The van der Waals surface area contributed by atoms with Gasteiger partial charge in [-0.05, 0) is 39.2 Å². The summed E-state index contributed by atoms with van der Waals surface area (Å²) >= 11 is 0. The third kappa shape index (κ3) is 4.81. The Morgan fingerprint density at radius 1 is 1.31 bits per heavy atom. The highest BCUT2D eigenvalue weighted by atomic mass is 16.5. The van der Waals surface area contributed by atoms with Crippen molar-refractivity contribution in [1.82, 2.24) is 10.2 Å². The van der Waals surface area contributed by atoms with Crippen molar-refractivity contribution in [2.24, 2.45) is 0 Å². The van der Waals surface area contributed by atoms with Crippen LogP contribution < -0.4 is 5.32 Å². The number of piperazine rings is 1. The van der Waals surface area contributed by atoms with Gasteiger partial charge in [-0.15, -0.1) is 0 Å². The molecule has 0 spiro atoms. The molecule has 3 nitrogen and oxygen atoms in total. The molecule has 0 aromatic heterocycles. The van der Waals surface area contributed by atoms with E-state index in [9.17, 15) is 0 Å². The second-order valence-electron chi connectivity index (χ2n) is 4.92. The Kier molecular flexibility index (Phi) is 7.01. The summed E-state index contributed by atoms with van der Waals surface area (Å²) < 4.78 is 5.07. The number of methoxy groups -OCH3 is 1. The van der Waals surface area contributed by atoms with Gasteiger partial charge >= 0.3 is 0 Å². The third-order valence-electron chi connectivity index (χ3n) is 3.49. The van der Waals surface area contributed by atoms with Gasteiger partial charge in [-0.3, -0.25) is 4.90 Å². The Bertz CT molecular complexity index is 175. The number of nitrogens with one attached hydrogen (secondary N) is 1. The number of hydrogen-bond donors (Lipinski definition) is 1. The summed E-state index contributed by atoms with van der Waals surface area (Å²) in [4.78, 5) is 2.66. The Morgan fingerprint density at radius 3 is 2.81 bits per heavy atom. The maximum absolute atomic E-state index is 5.07. The number of nitrogens with zero attached hydrogens (tertiary/aromatic N) is 1. The molecule has 0 aromatic rings. The quantitative estimate of drug-likeness (QED) is 0.673. The summed E-state index contributed by atoms with van der Waals surface area (Å²) in [6.45, 7) is 9.12. The standard InChI is InChI=1S/C13H28N2O/c1-4-13-10-14-12(2)11-15(13)8-6-5-7-9-16-3/h12-14H,4-11H2,1-3H3. The smallest absolute Gasteiger partial charge is 0.0462 e. The minimum Gasteiger partial charge on any atom is -0.385 e. The van der Waals surface area contributed by atoms with E-state index in [4.69, 9.17) is 4.74 Å². The van der Waals surface area contributed by atoms with E-state index in [2.05, 4.69) is 24.1 Å². The van der Waals surface area contributed by atoms with Crippen molar-refractivity contribution in [2.75, 3.05) is 33.4 Å². The largest absolute Gasteiger partial charge is 0.385 e. The molecule has 0 aromatic carbocycles. The maximum atomic E-state index is 5.07. The van der Waals surface area contributed by atoms with Crippen LogP contribution in [0.15, 0.2) is 0 Å². The first-order valence-electron chi connectivity index (χ1n) is 6.74. The van der Waals surface area contributed by atoms with Gasteiger partial charge in [0.2, 0.25) is 0 Å². The van der Waals surface area contributed by atoms with Crippen LogP contribution in [-0.4, -0.2) is 50.3 Å². The Morgan fingerprint density at radius 2 is 2.12 bits per heavy atom. The van der Waals surface area contributed by atoms with Crippen LogP contribution in [0.5, 0.6) is 0 Å². The molecule has 2 unspecified atom stereocenters. The van der Waals surface area contributed by atoms with E-state index in [-0.39, 0.29) is 0 Å². The monoisotopic (exact) mass is 228 g/mol. The average Bonchev–Trinajstić information content (AvgIpc) is 2.29. The highest BCUT2D eigenvalue weighted by Gasteiger charge is 2.23. The van der Waals surface area contributed by atoms with Gasteiger partial charge in [0.05, 0.1) is 0 Å². The molecule has 0 aliphatic carbocycles. The van der Waals surface area contributed by atoms with Gasteiger partial charge in [0, 0.05) is 38.9 Å². The fourth-order valence-corrected chi connectivity index (χ4v) is 2.45. The first-order chi connectivity index (χ1) is 7.77. The van der Waals surface area contributed by atoms with Gasteiger partial charge in [0.25, 0.3) is 0 Å². The van der Waals surface area contributed by atoms with E-state index in [0.29, 0.717) is 6.04 Å². The molecule has 3 heteroatoms. The van der Waals surface area contributed by atoms with Crippen LogP contribution in [0.3, 0.4) is 0 Å². The molecular formula is C13H28N2O. The maximum Gasteiger partial charge on any atom is 0.0462 e. The summed E-state index contributed by atoms with van der Waals surface area (Å²) in [5, 5.41) is 3.56. The van der Waals surface area contributed by atoms with Crippen molar-refractivity contribution >= 4 is 0 Å². The molecule has 1 saturated heterocycles. The van der Waals surface area contributed by atoms with Crippen LogP contribution in [0.1, 0.15) is 39.5 Å². The van der Waals surface area contributed by atoms with Crippen LogP contribution >= 0.6 is 0 Å². The lowest BCUT2D eigenvalue weighted by Gasteiger charge is -2.39. The molecular weight excluding hydrogens is 200 g/mol. The highest BCUT2D eigenvalue weighted by molar-refractivity contribution is 4.83. The molecule has 1 aliphatic heterocycles. The fraction of sp³-hybridized carbons (Fsp3) is 1.00. The molecule has 1 N–H and O–H groups in total. The molecule has 1 fully saturated rings. The molecule has 0 amide bonds. The Balaban J connectivity index is 2.16. The number of ether oxygens (including phenoxy) is 1. The zero-order valence-corrected chi connectivity index (χ0v) is 11.2. The van der Waals surface area contributed by atoms with Gasteiger partial charge in [-0.25, -0.2) is 0 Å². The lowest BCUT2D eigenvalue weighted by Crippen LogP contribution is -2.55. The lowest BCUT2D eigenvalue weighted by molar-refractivity contribution is 0.127. The van der Waals surface area contributed by atoms with Gasteiger partial charge in [0.15, 0.2) is 0 Å². The van der Waals surface area contributed by atoms with Crippen molar-refractivity contribution in [2.45, 2.75) is 51.6 Å². The molecule has 96 valence electrons. The third-order valence-corrected chi connectivity index (χ3v) is 3.49. The van der Waals surface area contributed by atoms with E-state index >= 15 is 0 Å². The summed E-state index contributed by atoms with van der Waals surface area (Å²) in [6.07, 6.45) is 5.07. The highest BCUT2D eigenvalue weighted by Crippen LogP contribution is 2.11. The molecule has 1 aliphatic rings. The summed E-state index contributed by atoms with van der Waals surface area (Å²) in [5.41, 5.74) is 0. The van der Waals surface area contributed by atoms with Crippen LogP contribution in [0, 0.1) is 0 Å². The molecule has 0 saturated carbocycles. The SMILES string of the molecule is CCC1CNC(C)CN1CCCCCOC. The van der Waals surface area contributed by atoms with Gasteiger partial charge in [-0.2, -0.15) is 0 Å². The molecule has 2 atom stereocenters. The summed E-state index contributed by atoms with van der Waals surface area (Å²) in [5.74, 6) is 0. The second kappa shape index (κ2) is 8.04. The van der Waals surface area contributed by atoms with Crippen molar-refractivity contribution in [3.05, 3.63) is 0 Å². The van der Waals surface area contributed by atoms with E-state index < -0.39 is 0 Å². The zero-order valence-electron chi connectivity index (χ0n) is 11.2. The molecule has 1 heterocycles. The number of unbranched alkanes of at least 4 members (excludes halogenated alkanes) is 2. The van der Waals surface area contributed by atoms with E-state index in [1.165, 1.54) is 38.8 Å². The number of rotatable bonds is 7.